The molecule has 0 bridgehead atoms. The molecular weight excluding hydrogens is 635 g/mol. The Labute approximate surface area is 303 Å². The third kappa shape index (κ3) is 35.4. The number of hydrogen-bond donors (Lipinski definition) is 2. The van der Waals surface area contributed by atoms with E-state index in [-0.39, 0.29) is 19.1 Å². The minimum atomic E-state index is -4.56. The van der Waals surface area contributed by atoms with Gasteiger partial charge >= 0.3 is 0 Å². The van der Waals surface area contributed by atoms with Crippen LogP contribution < -0.4 is 10.2 Å². The lowest BCUT2D eigenvalue weighted by Gasteiger charge is -2.30. The fraction of sp³-hybridized carbons (Fsp3) is 0.925. The third-order valence-electron chi connectivity index (χ3n) is 9.25. The molecule has 49 heavy (non-hydrogen) atoms. The average Bonchev–Trinajstić information content (AvgIpc) is 3.04. The predicted molar refractivity (Wildman–Crippen MR) is 205 cm³/mol. The molecule has 0 saturated carbocycles. The molecule has 0 aromatic rings. The number of carbonyl (C=O) groups excluding carboxylic acids is 1. The molecule has 0 saturated heterocycles. The van der Waals surface area contributed by atoms with E-state index >= 15 is 0 Å². The molecule has 0 spiro atoms. The van der Waals surface area contributed by atoms with Crippen molar-refractivity contribution in [2.75, 3.05) is 40.9 Å². The smallest absolute Gasteiger partial charge is 0.268 e. The van der Waals surface area contributed by atoms with Gasteiger partial charge in [0.15, 0.2) is 0 Å². The molecule has 3 atom stereocenters. The highest BCUT2D eigenvalue weighted by Gasteiger charge is 2.24. The number of rotatable bonds is 37. The lowest BCUT2D eigenvalue weighted by Crippen LogP contribution is -2.46. The number of nitrogens with zero attached hydrogens (tertiary/aromatic N) is 1. The van der Waals surface area contributed by atoms with E-state index in [1.54, 1.807) is 0 Å². The summed E-state index contributed by atoms with van der Waals surface area (Å²) in [4.78, 5) is 25.2. The van der Waals surface area contributed by atoms with Crippen molar-refractivity contribution in [3.05, 3.63) is 12.2 Å². The lowest BCUT2D eigenvalue weighted by molar-refractivity contribution is -0.870. The molecule has 0 aromatic heterocycles. The molecule has 0 radical (unpaired) electrons. The summed E-state index contributed by atoms with van der Waals surface area (Å²) in [5.74, 6) is -0.175. The lowest BCUT2D eigenvalue weighted by atomic mass is 10.0. The van der Waals surface area contributed by atoms with Crippen molar-refractivity contribution in [1.82, 2.24) is 5.32 Å². The summed E-state index contributed by atoms with van der Waals surface area (Å²) in [7, 11) is 1.29. The molecule has 2 N–H and O–H groups in total. The average molecular weight is 717 g/mol. The van der Waals surface area contributed by atoms with E-state index in [9.17, 15) is 19.4 Å². The molecule has 0 aromatic carbocycles. The van der Waals surface area contributed by atoms with Gasteiger partial charge in [-0.15, -0.1) is 0 Å². The Morgan fingerprint density at radius 2 is 1.12 bits per heavy atom. The summed E-state index contributed by atoms with van der Waals surface area (Å²) in [6.07, 6.45) is 34.9. The Morgan fingerprint density at radius 3 is 1.59 bits per heavy atom. The maximum Gasteiger partial charge on any atom is 0.268 e. The van der Waals surface area contributed by atoms with Gasteiger partial charge in [0, 0.05) is 6.42 Å². The van der Waals surface area contributed by atoms with Crippen LogP contribution in [0, 0.1) is 0 Å². The van der Waals surface area contributed by atoms with Crippen molar-refractivity contribution < 1.29 is 32.9 Å². The van der Waals surface area contributed by atoms with E-state index in [2.05, 4.69) is 31.3 Å². The quantitative estimate of drug-likeness (QED) is 0.0287. The zero-order chi connectivity index (χ0) is 36.5. The van der Waals surface area contributed by atoms with Crippen LogP contribution in [0.1, 0.15) is 187 Å². The van der Waals surface area contributed by atoms with Crippen molar-refractivity contribution in [3.63, 3.8) is 0 Å². The fourth-order valence-electron chi connectivity index (χ4n) is 5.92. The molecular formula is C40H81N2O6P. The minimum Gasteiger partial charge on any atom is -0.756 e. The first kappa shape index (κ1) is 48.2. The Kier molecular flexibility index (Phi) is 32.6. The molecule has 0 aliphatic rings. The topological polar surface area (TPSA) is 108 Å². The van der Waals surface area contributed by atoms with Gasteiger partial charge < -0.3 is 28.8 Å². The highest BCUT2D eigenvalue weighted by Crippen LogP contribution is 2.38. The number of aliphatic hydroxyl groups excluding tert-OH is 1. The Morgan fingerprint density at radius 1 is 0.694 bits per heavy atom. The predicted octanol–water partition coefficient (Wildman–Crippen LogP) is 10.2. The van der Waals surface area contributed by atoms with E-state index in [4.69, 9.17) is 9.05 Å². The number of allylic oxidation sites excluding steroid dienone is 2. The largest absolute Gasteiger partial charge is 0.756 e. The molecule has 8 nitrogen and oxygen atoms in total. The summed E-state index contributed by atoms with van der Waals surface area (Å²) in [6.45, 7) is 4.68. The van der Waals surface area contributed by atoms with E-state index in [1.807, 2.05) is 21.1 Å². The van der Waals surface area contributed by atoms with Crippen LogP contribution in [-0.2, 0) is 18.4 Å². The van der Waals surface area contributed by atoms with Gasteiger partial charge in [0.25, 0.3) is 7.82 Å². The van der Waals surface area contributed by atoms with Crippen LogP contribution in [0.5, 0.6) is 0 Å². The number of hydrogen-bond acceptors (Lipinski definition) is 6. The molecule has 9 heteroatoms. The first-order valence-corrected chi connectivity index (χ1v) is 22.0. The number of unbranched alkanes of at least 4 members (excludes halogenated alkanes) is 22. The molecule has 0 heterocycles. The molecule has 0 aliphatic carbocycles. The normalized spacial score (nSPS) is 14.7. The molecule has 292 valence electrons. The van der Waals surface area contributed by atoms with Crippen molar-refractivity contribution >= 4 is 13.7 Å². The fourth-order valence-corrected chi connectivity index (χ4v) is 6.64. The summed E-state index contributed by atoms with van der Waals surface area (Å²) in [6, 6.07) is -0.809. The minimum absolute atomic E-state index is 0.00938. The van der Waals surface area contributed by atoms with Crippen molar-refractivity contribution in [1.29, 1.82) is 0 Å². The van der Waals surface area contributed by atoms with Gasteiger partial charge in [0.05, 0.1) is 39.9 Å². The van der Waals surface area contributed by atoms with Crippen LogP contribution in [0.15, 0.2) is 12.2 Å². The van der Waals surface area contributed by atoms with Crippen LogP contribution in [-0.4, -0.2) is 68.5 Å². The number of phosphoric acid groups is 1. The summed E-state index contributed by atoms with van der Waals surface area (Å²) >= 11 is 0. The Hall–Kier alpha value is -0.760. The van der Waals surface area contributed by atoms with Crippen LogP contribution >= 0.6 is 7.82 Å². The Bertz CT molecular complexity index is 819. The van der Waals surface area contributed by atoms with Gasteiger partial charge in [-0.05, 0) is 38.5 Å². The van der Waals surface area contributed by atoms with Gasteiger partial charge in [-0.3, -0.25) is 9.36 Å². The molecule has 1 amide bonds. The number of likely N-dealkylation sites (N-methyl/N-ethyl adjacent to an activating group) is 1. The Balaban J connectivity index is 4.46. The van der Waals surface area contributed by atoms with E-state index in [1.165, 1.54) is 116 Å². The van der Waals surface area contributed by atoms with E-state index < -0.39 is 20.0 Å². The van der Waals surface area contributed by atoms with Gasteiger partial charge in [0.1, 0.15) is 13.2 Å². The van der Waals surface area contributed by atoms with Crippen molar-refractivity contribution in [2.24, 2.45) is 0 Å². The number of aliphatic hydroxyl groups is 1. The maximum absolute atomic E-state index is 12.8. The first-order chi connectivity index (χ1) is 23.5. The highest BCUT2D eigenvalue weighted by molar-refractivity contribution is 7.45. The van der Waals surface area contributed by atoms with E-state index in [0.29, 0.717) is 23.9 Å². The van der Waals surface area contributed by atoms with Crippen LogP contribution in [0.3, 0.4) is 0 Å². The number of quaternary nitrogens is 1. The van der Waals surface area contributed by atoms with Gasteiger partial charge in [-0.2, -0.15) is 0 Å². The summed E-state index contributed by atoms with van der Waals surface area (Å²) in [5.41, 5.74) is 0. The van der Waals surface area contributed by atoms with E-state index in [0.717, 1.165) is 44.9 Å². The van der Waals surface area contributed by atoms with Gasteiger partial charge in [0.2, 0.25) is 5.91 Å². The summed E-state index contributed by atoms with van der Waals surface area (Å²) < 4.78 is 23.2. The highest BCUT2D eigenvalue weighted by atomic mass is 31.2. The monoisotopic (exact) mass is 717 g/mol. The zero-order valence-electron chi connectivity index (χ0n) is 32.9. The second kappa shape index (κ2) is 33.1. The zero-order valence-corrected chi connectivity index (χ0v) is 33.8. The van der Waals surface area contributed by atoms with Gasteiger partial charge in [-0.25, -0.2) is 0 Å². The molecule has 0 rings (SSSR count). The van der Waals surface area contributed by atoms with Gasteiger partial charge in [-0.1, -0.05) is 154 Å². The van der Waals surface area contributed by atoms with Crippen LogP contribution in [0.4, 0.5) is 0 Å². The maximum atomic E-state index is 12.8. The first-order valence-electron chi connectivity index (χ1n) is 20.5. The SMILES string of the molecule is CCCCCCCCCCC/C=C/CCCC[C@@H](O)[C@H](COP(=O)([O-])OCC[N+](C)(C)C)NC(=O)CCCCCCCCCCCCCC. The van der Waals surface area contributed by atoms with Crippen molar-refractivity contribution in [3.8, 4) is 0 Å². The standard InChI is InChI=1S/C40H81N2O6P/c1-6-8-10-12-14-16-18-20-21-22-23-25-27-29-31-33-39(43)38(37-48-49(45,46)47-36-35-42(3,4)5)41-40(44)34-32-30-28-26-24-19-17-15-13-11-9-7-2/h23,25,38-39,43H,6-22,24,26-37H2,1-5H3,(H-,41,44,45,46)/b25-23+/t38-,39+/m0/s1. The number of phosphoric ester groups is 1. The number of nitrogens with one attached hydrogen (secondary N) is 1. The number of amides is 1. The molecule has 0 aliphatic heterocycles. The second-order valence-electron chi connectivity index (χ2n) is 15.3. The van der Waals surface area contributed by atoms with Crippen molar-refractivity contribution in [2.45, 2.75) is 199 Å². The number of carbonyl (C=O) groups is 1. The molecule has 1 unspecified atom stereocenters. The summed E-state index contributed by atoms with van der Waals surface area (Å²) in [5, 5.41) is 13.8. The third-order valence-corrected chi connectivity index (χ3v) is 10.2. The van der Waals surface area contributed by atoms with Crippen LogP contribution in [0.25, 0.3) is 0 Å². The molecule has 0 fully saturated rings. The second-order valence-corrected chi connectivity index (χ2v) is 16.8. The van der Waals surface area contributed by atoms with Crippen LogP contribution in [0.2, 0.25) is 0 Å².